The van der Waals surface area contributed by atoms with Crippen molar-refractivity contribution in [1.82, 2.24) is 20.0 Å². The third kappa shape index (κ3) is 4.60. The van der Waals surface area contributed by atoms with E-state index in [2.05, 4.69) is 39.9 Å². The molecule has 1 aliphatic rings. The lowest BCUT2D eigenvalue weighted by atomic mass is 9.97. The molecule has 0 aliphatic carbocycles. The van der Waals surface area contributed by atoms with E-state index in [0.29, 0.717) is 0 Å². The molecule has 2 rings (SSSR count). The van der Waals surface area contributed by atoms with E-state index in [0.717, 1.165) is 25.4 Å². The zero-order valence-electron chi connectivity index (χ0n) is 13.1. The Bertz CT molecular complexity index is 368. The van der Waals surface area contributed by atoms with Gasteiger partial charge in [-0.15, -0.1) is 0 Å². The van der Waals surface area contributed by atoms with Crippen molar-refractivity contribution in [2.24, 2.45) is 5.92 Å². The molecule has 0 radical (unpaired) electrons. The van der Waals surface area contributed by atoms with Crippen LogP contribution in [0.1, 0.15) is 45.2 Å². The van der Waals surface area contributed by atoms with Crippen molar-refractivity contribution in [3.05, 3.63) is 18.0 Å². The van der Waals surface area contributed by atoms with Gasteiger partial charge in [0.2, 0.25) is 0 Å². The van der Waals surface area contributed by atoms with Crippen LogP contribution in [-0.4, -0.2) is 40.9 Å². The first kappa shape index (κ1) is 15.5. The van der Waals surface area contributed by atoms with Gasteiger partial charge < -0.3 is 5.32 Å². The summed E-state index contributed by atoms with van der Waals surface area (Å²) in [4.78, 5) is 2.62. The highest BCUT2D eigenvalue weighted by Gasteiger charge is 2.17. The van der Waals surface area contributed by atoms with Crippen molar-refractivity contribution < 1.29 is 0 Å². The van der Waals surface area contributed by atoms with Gasteiger partial charge in [0.15, 0.2) is 0 Å². The molecule has 0 atom stereocenters. The quantitative estimate of drug-likeness (QED) is 0.793. The van der Waals surface area contributed by atoms with Crippen molar-refractivity contribution in [2.75, 3.05) is 26.2 Å². The molecular weight excluding hydrogens is 248 g/mol. The van der Waals surface area contributed by atoms with Crippen molar-refractivity contribution in [3.8, 4) is 0 Å². The van der Waals surface area contributed by atoms with Crippen LogP contribution >= 0.6 is 0 Å². The van der Waals surface area contributed by atoms with Crippen molar-refractivity contribution >= 4 is 0 Å². The summed E-state index contributed by atoms with van der Waals surface area (Å²) in [6, 6.07) is 2.18. The third-order valence-corrected chi connectivity index (χ3v) is 4.14. The molecule has 4 nitrogen and oxygen atoms in total. The van der Waals surface area contributed by atoms with Crippen LogP contribution in [0.4, 0.5) is 0 Å². The smallest absolute Gasteiger partial charge is 0.0524 e. The summed E-state index contributed by atoms with van der Waals surface area (Å²) in [5, 5.41) is 7.90. The molecule has 0 unspecified atom stereocenters. The maximum atomic E-state index is 4.45. The molecule has 4 heteroatoms. The molecule has 20 heavy (non-hydrogen) atoms. The minimum atomic E-state index is 0.866. The van der Waals surface area contributed by atoms with Gasteiger partial charge in [0, 0.05) is 25.8 Å². The molecule has 1 aliphatic heterocycles. The Morgan fingerprint density at radius 3 is 2.80 bits per heavy atom. The van der Waals surface area contributed by atoms with Gasteiger partial charge in [0.1, 0.15) is 0 Å². The molecular formula is C16H30N4. The van der Waals surface area contributed by atoms with Crippen LogP contribution in [0.5, 0.6) is 0 Å². The van der Waals surface area contributed by atoms with Gasteiger partial charge in [0.25, 0.3) is 0 Å². The van der Waals surface area contributed by atoms with Gasteiger partial charge >= 0.3 is 0 Å². The SMILES string of the molecule is CCCN(Cc1ccnn1CCC)CC1CCNCC1. The number of nitrogens with zero attached hydrogens (tertiary/aromatic N) is 3. The largest absolute Gasteiger partial charge is 0.317 e. The fourth-order valence-electron chi connectivity index (χ4n) is 3.12. The van der Waals surface area contributed by atoms with E-state index < -0.39 is 0 Å². The van der Waals surface area contributed by atoms with Crippen LogP contribution in [-0.2, 0) is 13.1 Å². The number of hydrogen-bond acceptors (Lipinski definition) is 3. The number of aromatic nitrogens is 2. The third-order valence-electron chi connectivity index (χ3n) is 4.14. The zero-order chi connectivity index (χ0) is 14.2. The number of piperidine rings is 1. The minimum Gasteiger partial charge on any atom is -0.317 e. The topological polar surface area (TPSA) is 33.1 Å². The lowest BCUT2D eigenvalue weighted by Gasteiger charge is -2.30. The summed E-state index contributed by atoms with van der Waals surface area (Å²) in [5.74, 6) is 0.866. The highest BCUT2D eigenvalue weighted by Crippen LogP contribution is 2.16. The molecule has 114 valence electrons. The predicted molar refractivity (Wildman–Crippen MR) is 83.7 cm³/mol. The van der Waals surface area contributed by atoms with Crippen LogP contribution in [0.25, 0.3) is 0 Å². The first-order valence-corrected chi connectivity index (χ1v) is 8.27. The lowest BCUT2D eigenvalue weighted by molar-refractivity contribution is 0.194. The molecule has 1 fully saturated rings. The van der Waals surface area contributed by atoms with Crippen LogP contribution in [0.3, 0.4) is 0 Å². The maximum Gasteiger partial charge on any atom is 0.0524 e. The van der Waals surface area contributed by atoms with Crippen molar-refractivity contribution in [3.63, 3.8) is 0 Å². The summed E-state index contributed by atoms with van der Waals surface area (Å²) in [6.45, 7) is 11.4. The summed E-state index contributed by atoms with van der Waals surface area (Å²) in [6.07, 6.45) is 6.98. The summed E-state index contributed by atoms with van der Waals surface area (Å²) in [7, 11) is 0. The van der Waals surface area contributed by atoms with E-state index in [1.807, 2.05) is 6.20 Å². The fraction of sp³-hybridized carbons (Fsp3) is 0.812. The predicted octanol–water partition coefficient (Wildman–Crippen LogP) is 2.50. The second kappa shape index (κ2) is 8.42. The van der Waals surface area contributed by atoms with Crippen LogP contribution in [0.2, 0.25) is 0 Å². The molecule has 0 amide bonds. The van der Waals surface area contributed by atoms with E-state index in [4.69, 9.17) is 0 Å². The highest BCUT2D eigenvalue weighted by molar-refractivity contribution is 5.00. The van der Waals surface area contributed by atoms with E-state index in [-0.39, 0.29) is 0 Å². The first-order valence-electron chi connectivity index (χ1n) is 8.27. The molecule has 1 saturated heterocycles. The van der Waals surface area contributed by atoms with Crippen molar-refractivity contribution in [2.45, 2.75) is 52.6 Å². The first-order chi connectivity index (χ1) is 9.83. The molecule has 0 bridgehead atoms. The van der Waals surface area contributed by atoms with Crippen LogP contribution in [0, 0.1) is 5.92 Å². The lowest BCUT2D eigenvalue weighted by Crippen LogP contribution is -2.36. The van der Waals surface area contributed by atoms with Crippen molar-refractivity contribution in [1.29, 1.82) is 0 Å². The standard InChI is InChI=1S/C16H30N4/c1-3-11-19(13-15-5-8-17-9-6-15)14-16-7-10-18-20(16)12-4-2/h7,10,15,17H,3-6,8-9,11-14H2,1-2H3. The normalized spacial score (nSPS) is 16.9. The Labute approximate surface area is 123 Å². The number of aryl methyl sites for hydroxylation is 1. The molecule has 2 heterocycles. The summed E-state index contributed by atoms with van der Waals surface area (Å²) < 4.78 is 2.17. The average Bonchev–Trinajstić information content (AvgIpc) is 2.88. The highest BCUT2D eigenvalue weighted by atomic mass is 15.3. The van der Waals surface area contributed by atoms with E-state index in [1.54, 1.807) is 0 Å². The van der Waals surface area contributed by atoms with E-state index in [9.17, 15) is 0 Å². The Kier molecular flexibility index (Phi) is 6.54. The molecule has 0 saturated carbocycles. The zero-order valence-corrected chi connectivity index (χ0v) is 13.1. The Morgan fingerprint density at radius 1 is 1.30 bits per heavy atom. The Hall–Kier alpha value is -0.870. The summed E-state index contributed by atoms with van der Waals surface area (Å²) in [5.41, 5.74) is 1.37. The number of nitrogens with one attached hydrogen (secondary N) is 1. The van der Waals surface area contributed by atoms with Crippen LogP contribution < -0.4 is 5.32 Å². The Balaban J connectivity index is 1.91. The van der Waals surface area contributed by atoms with Crippen LogP contribution in [0.15, 0.2) is 12.3 Å². The molecule has 1 aromatic heterocycles. The molecule has 0 aromatic carbocycles. The van der Waals surface area contributed by atoms with E-state index >= 15 is 0 Å². The second-order valence-corrected chi connectivity index (χ2v) is 5.97. The summed E-state index contributed by atoms with van der Waals surface area (Å²) >= 11 is 0. The van der Waals surface area contributed by atoms with Gasteiger partial charge in [-0.05, 0) is 57.3 Å². The maximum absolute atomic E-state index is 4.45. The van der Waals surface area contributed by atoms with E-state index in [1.165, 1.54) is 51.1 Å². The molecule has 0 spiro atoms. The Morgan fingerprint density at radius 2 is 2.10 bits per heavy atom. The number of rotatable bonds is 8. The minimum absolute atomic E-state index is 0.866. The number of hydrogen-bond donors (Lipinski definition) is 1. The van der Waals surface area contributed by atoms with Gasteiger partial charge in [0.05, 0.1) is 5.69 Å². The fourth-order valence-corrected chi connectivity index (χ4v) is 3.12. The van der Waals surface area contributed by atoms with Gasteiger partial charge in [-0.1, -0.05) is 13.8 Å². The van der Waals surface area contributed by atoms with Gasteiger partial charge in [-0.25, -0.2) is 0 Å². The molecule has 1 N–H and O–H groups in total. The molecule has 1 aromatic rings. The van der Waals surface area contributed by atoms with Gasteiger partial charge in [-0.3, -0.25) is 9.58 Å². The monoisotopic (exact) mass is 278 g/mol. The average molecular weight is 278 g/mol. The van der Waals surface area contributed by atoms with Gasteiger partial charge in [-0.2, -0.15) is 5.10 Å². The second-order valence-electron chi connectivity index (χ2n) is 5.97.